The molecule has 0 saturated carbocycles. The van der Waals surface area contributed by atoms with Crippen LogP contribution in [-0.2, 0) is 24.2 Å². The molecule has 30 heavy (non-hydrogen) atoms. The Hall–Kier alpha value is -1.64. The van der Waals surface area contributed by atoms with Crippen LogP contribution in [0.2, 0.25) is 0 Å². The van der Waals surface area contributed by atoms with Gasteiger partial charge in [-0.1, -0.05) is 11.8 Å². The summed E-state index contributed by atoms with van der Waals surface area (Å²) in [6.07, 6.45) is 4.32. The number of benzene rings is 1. The molecule has 0 bridgehead atoms. The number of carbonyl (C=O) groups is 1. The van der Waals surface area contributed by atoms with E-state index in [0.717, 1.165) is 50.8 Å². The second-order valence-corrected chi connectivity index (χ2v) is 10.5. The lowest BCUT2D eigenvalue weighted by atomic mass is 9.97. The fourth-order valence-electron chi connectivity index (χ4n) is 3.80. The van der Waals surface area contributed by atoms with Gasteiger partial charge in [-0.25, -0.2) is 4.98 Å². The lowest BCUT2D eigenvalue weighted by Crippen LogP contribution is -2.24. The van der Waals surface area contributed by atoms with Crippen LogP contribution in [0.25, 0.3) is 10.2 Å². The molecule has 2 heterocycles. The van der Waals surface area contributed by atoms with Gasteiger partial charge >= 0.3 is 0 Å². The first-order valence-electron chi connectivity index (χ1n) is 10.1. The van der Waals surface area contributed by atoms with Crippen LogP contribution in [0.4, 0.5) is 5.69 Å². The first-order chi connectivity index (χ1) is 14.4. The number of hydrogen-bond donors (Lipinski definition) is 1. The maximum absolute atomic E-state index is 13.2. The number of nitrogens with one attached hydrogen (secondary N) is 1. The van der Waals surface area contributed by atoms with Crippen molar-refractivity contribution in [1.82, 2.24) is 9.55 Å². The van der Waals surface area contributed by atoms with Crippen molar-refractivity contribution in [2.75, 3.05) is 11.1 Å². The lowest BCUT2D eigenvalue weighted by Gasteiger charge is -2.13. The lowest BCUT2D eigenvalue weighted by molar-refractivity contribution is -0.113. The van der Waals surface area contributed by atoms with E-state index in [4.69, 9.17) is 4.98 Å². The van der Waals surface area contributed by atoms with Crippen LogP contribution in [-0.4, -0.2) is 21.2 Å². The fourth-order valence-corrected chi connectivity index (χ4v) is 6.52. The molecule has 5 nitrogen and oxygen atoms in total. The Labute approximate surface area is 192 Å². The van der Waals surface area contributed by atoms with Crippen molar-refractivity contribution >= 4 is 60.8 Å². The number of hydrogen-bond acceptors (Lipinski definition) is 5. The highest BCUT2D eigenvalue weighted by Gasteiger charge is 2.22. The zero-order valence-corrected chi connectivity index (χ0v) is 20.5. The molecule has 1 aromatic carbocycles. The Morgan fingerprint density at radius 3 is 2.77 bits per heavy atom. The summed E-state index contributed by atoms with van der Waals surface area (Å²) in [6, 6.07) is 3.96. The van der Waals surface area contributed by atoms with Crippen molar-refractivity contribution < 1.29 is 4.79 Å². The topological polar surface area (TPSA) is 64.0 Å². The molecule has 0 unspecified atom stereocenters. The smallest absolute Gasteiger partial charge is 0.263 e. The standard InChI is InChI=1S/C22H24BrN3O2S2/c1-4-26-21(28)19-14-7-5-6-8-17(14)30-20(19)25-22(26)29-11-18(27)24-16-10-13(3)12(2)9-15(16)23/h9-10H,4-8,11H2,1-3H3,(H,24,27). The summed E-state index contributed by atoms with van der Waals surface area (Å²) in [7, 11) is 0. The third kappa shape index (κ3) is 4.09. The Bertz CT molecular complexity index is 1200. The number of aromatic nitrogens is 2. The Balaban J connectivity index is 1.57. The van der Waals surface area contributed by atoms with Crippen LogP contribution in [0.5, 0.6) is 0 Å². The van der Waals surface area contributed by atoms with Gasteiger partial charge in [0.2, 0.25) is 5.91 Å². The molecule has 1 aliphatic rings. The number of carbonyl (C=O) groups excluding carboxylic acids is 1. The first-order valence-corrected chi connectivity index (χ1v) is 12.7. The van der Waals surface area contributed by atoms with Gasteiger partial charge in [-0.2, -0.15) is 0 Å². The molecule has 0 radical (unpaired) electrons. The van der Waals surface area contributed by atoms with Crippen LogP contribution in [0.3, 0.4) is 0 Å². The summed E-state index contributed by atoms with van der Waals surface area (Å²) < 4.78 is 2.56. The van der Waals surface area contributed by atoms with Gasteiger partial charge in [0.15, 0.2) is 5.16 Å². The van der Waals surface area contributed by atoms with E-state index in [1.165, 1.54) is 28.6 Å². The molecule has 3 aromatic rings. The number of anilines is 1. The number of rotatable bonds is 5. The maximum Gasteiger partial charge on any atom is 0.263 e. The molecule has 0 saturated heterocycles. The highest BCUT2D eigenvalue weighted by molar-refractivity contribution is 9.10. The van der Waals surface area contributed by atoms with E-state index < -0.39 is 0 Å². The molecule has 4 rings (SSSR count). The maximum atomic E-state index is 13.2. The van der Waals surface area contributed by atoms with Gasteiger partial charge in [0, 0.05) is 15.9 Å². The summed E-state index contributed by atoms with van der Waals surface area (Å²) >= 11 is 6.48. The average molecular weight is 506 g/mol. The SMILES string of the molecule is CCn1c(SCC(=O)Nc2cc(C)c(C)cc2Br)nc2sc3c(c2c1=O)CCCC3. The van der Waals surface area contributed by atoms with E-state index in [2.05, 4.69) is 21.2 Å². The average Bonchev–Trinajstić information content (AvgIpc) is 3.09. The van der Waals surface area contributed by atoms with E-state index in [9.17, 15) is 9.59 Å². The summed E-state index contributed by atoms with van der Waals surface area (Å²) in [6.45, 7) is 6.55. The molecule has 0 fully saturated rings. The second kappa shape index (κ2) is 8.85. The highest BCUT2D eigenvalue weighted by atomic mass is 79.9. The van der Waals surface area contributed by atoms with Crippen LogP contribution < -0.4 is 10.9 Å². The molecular formula is C22H24BrN3O2S2. The van der Waals surface area contributed by atoms with Crippen molar-refractivity contribution in [1.29, 1.82) is 0 Å². The van der Waals surface area contributed by atoms with Gasteiger partial charge in [-0.15, -0.1) is 11.3 Å². The number of amides is 1. The highest BCUT2D eigenvalue weighted by Crippen LogP contribution is 2.34. The van der Waals surface area contributed by atoms with E-state index in [-0.39, 0.29) is 17.2 Å². The predicted octanol–water partition coefficient (Wildman–Crippen LogP) is 5.47. The van der Waals surface area contributed by atoms with Crippen LogP contribution in [0, 0.1) is 13.8 Å². The van der Waals surface area contributed by atoms with E-state index in [1.807, 2.05) is 32.9 Å². The monoisotopic (exact) mass is 505 g/mol. The van der Waals surface area contributed by atoms with Crippen molar-refractivity contribution in [2.24, 2.45) is 0 Å². The second-order valence-electron chi connectivity index (χ2n) is 7.59. The fraction of sp³-hybridized carbons (Fsp3) is 0.409. The number of fused-ring (bicyclic) bond motifs is 3. The van der Waals surface area contributed by atoms with Gasteiger partial charge in [-0.05, 0) is 91.2 Å². The normalized spacial score (nSPS) is 13.5. The Morgan fingerprint density at radius 2 is 2.00 bits per heavy atom. The van der Waals surface area contributed by atoms with E-state index in [0.29, 0.717) is 11.7 Å². The van der Waals surface area contributed by atoms with Gasteiger partial charge in [0.1, 0.15) is 4.83 Å². The van der Waals surface area contributed by atoms with E-state index >= 15 is 0 Å². The minimum atomic E-state index is -0.119. The van der Waals surface area contributed by atoms with Gasteiger partial charge in [0.05, 0.1) is 16.8 Å². The number of halogens is 1. The Morgan fingerprint density at radius 1 is 1.27 bits per heavy atom. The predicted molar refractivity (Wildman–Crippen MR) is 129 cm³/mol. The number of thioether (sulfide) groups is 1. The molecule has 8 heteroatoms. The van der Waals surface area contributed by atoms with Gasteiger partial charge in [0.25, 0.3) is 5.56 Å². The van der Waals surface area contributed by atoms with Crippen molar-refractivity contribution in [2.45, 2.75) is 58.2 Å². The van der Waals surface area contributed by atoms with Crippen LogP contribution >= 0.6 is 39.0 Å². The molecular weight excluding hydrogens is 482 g/mol. The molecule has 1 aliphatic carbocycles. The van der Waals surface area contributed by atoms with Crippen molar-refractivity contribution in [3.63, 3.8) is 0 Å². The van der Waals surface area contributed by atoms with Crippen molar-refractivity contribution in [3.8, 4) is 0 Å². The van der Waals surface area contributed by atoms with Crippen LogP contribution in [0.1, 0.15) is 41.3 Å². The number of aryl methyl sites for hydroxylation is 4. The summed E-state index contributed by atoms with van der Waals surface area (Å²) in [5.41, 5.74) is 4.27. The zero-order chi connectivity index (χ0) is 21.4. The molecule has 1 amide bonds. The zero-order valence-electron chi connectivity index (χ0n) is 17.3. The third-order valence-corrected chi connectivity index (χ3v) is 8.36. The summed E-state index contributed by atoms with van der Waals surface area (Å²) in [4.78, 5) is 32.7. The molecule has 0 aliphatic heterocycles. The molecule has 158 valence electrons. The summed E-state index contributed by atoms with van der Waals surface area (Å²) in [5, 5.41) is 4.37. The molecule has 2 aromatic heterocycles. The minimum Gasteiger partial charge on any atom is -0.324 e. The Kier molecular flexibility index (Phi) is 6.36. The van der Waals surface area contributed by atoms with Crippen molar-refractivity contribution in [3.05, 3.63) is 48.5 Å². The van der Waals surface area contributed by atoms with Crippen LogP contribution in [0.15, 0.2) is 26.6 Å². The third-order valence-electron chi connectivity index (χ3n) is 5.55. The number of thiophene rings is 1. The largest absolute Gasteiger partial charge is 0.324 e. The molecule has 0 spiro atoms. The molecule has 0 atom stereocenters. The summed E-state index contributed by atoms with van der Waals surface area (Å²) in [5.74, 6) is 0.0778. The first kappa shape index (κ1) is 21.6. The number of nitrogens with zero attached hydrogens (tertiary/aromatic N) is 2. The van der Waals surface area contributed by atoms with E-state index in [1.54, 1.807) is 15.9 Å². The van der Waals surface area contributed by atoms with Gasteiger partial charge in [-0.3, -0.25) is 14.2 Å². The quantitative estimate of drug-likeness (QED) is 0.369. The van der Waals surface area contributed by atoms with Gasteiger partial charge < -0.3 is 5.32 Å². The molecule has 1 N–H and O–H groups in total. The minimum absolute atomic E-state index is 0.0294.